The van der Waals surface area contributed by atoms with Crippen molar-refractivity contribution in [2.45, 2.75) is 36.4 Å². The van der Waals surface area contributed by atoms with Gasteiger partial charge in [-0.1, -0.05) is 6.07 Å². The summed E-state index contributed by atoms with van der Waals surface area (Å²) in [4.78, 5) is -0.407. The second-order valence-corrected chi connectivity index (χ2v) is 6.98. The van der Waals surface area contributed by atoms with E-state index in [9.17, 15) is 26.7 Å². The molecule has 4 nitrogen and oxygen atoms in total. The molecule has 0 amide bonds. The first-order valence-corrected chi connectivity index (χ1v) is 8.02. The summed E-state index contributed by atoms with van der Waals surface area (Å²) in [7, 11) is -3.98. The van der Waals surface area contributed by atoms with Crippen LogP contribution in [0.2, 0.25) is 0 Å². The molecule has 8 heteroatoms. The highest BCUT2D eigenvalue weighted by atomic mass is 32.2. The zero-order valence-electron chi connectivity index (χ0n) is 11.1. The van der Waals surface area contributed by atoms with Gasteiger partial charge in [0.2, 0.25) is 10.0 Å². The molecule has 21 heavy (non-hydrogen) atoms. The highest BCUT2D eigenvalue weighted by Gasteiger charge is 2.32. The topological polar surface area (TPSA) is 66.4 Å². The van der Waals surface area contributed by atoms with Crippen LogP contribution in [-0.4, -0.2) is 26.2 Å². The highest BCUT2D eigenvalue weighted by Crippen LogP contribution is 2.30. The van der Waals surface area contributed by atoms with E-state index in [-0.39, 0.29) is 12.5 Å². The molecule has 0 aromatic heterocycles. The van der Waals surface area contributed by atoms with Crippen LogP contribution in [-0.2, 0) is 16.2 Å². The van der Waals surface area contributed by atoms with Crippen molar-refractivity contribution < 1.29 is 26.7 Å². The molecule has 118 valence electrons. The Balaban J connectivity index is 2.09. The molecule has 2 unspecified atom stereocenters. The number of hydrogen-bond acceptors (Lipinski definition) is 3. The van der Waals surface area contributed by atoms with Crippen LogP contribution >= 0.6 is 0 Å². The van der Waals surface area contributed by atoms with Gasteiger partial charge in [-0.15, -0.1) is 0 Å². The van der Waals surface area contributed by atoms with Gasteiger partial charge in [-0.05, 0) is 43.4 Å². The minimum atomic E-state index is -4.58. The average molecular weight is 323 g/mol. The van der Waals surface area contributed by atoms with Crippen molar-refractivity contribution in [1.82, 2.24) is 4.72 Å². The van der Waals surface area contributed by atoms with Gasteiger partial charge in [-0.25, -0.2) is 13.1 Å². The summed E-state index contributed by atoms with van der Waals surface area (Å²) >= 11 is 0. The van der Waals surface area contributed by atoms with Gasteiger partial charge in [-0.3, -0.25) is 0 Å². The lowest BCUT2D eigenvalue weighted by Crippen LogP contribution is -2.29. The summed E-state index contributed by atoms with van der Waals surface area (Å²) in [6.07, 6.45) is -3.18. The van der Waals surface area contributed by atoms with Crippen LogP contribution in [0.3, 0.4) is 0 Å². The van der Waals surface area contributed by atoms with Gasteiger partial charge < -0.3 is 5.11 Å². The van der Waals surface area contributed by atoms with Crippen LogP contribution in [0.5, 0.6) is 0 Å². The Hall–Kier alpha value is -1.12. The largest absolute Gasteiger partial charge is 0.416 e. The van der Waals surface area contributed by atoms with Crippen molar-refractivity contribution in [3.05, 3.63) is 29.8 Å². The standard InChI is InChI=1S/C13H16F3NO3S/c14-13(15,16)10-2-1-3-12(7-10)21(19,20)17-8-9-4-5-11(18)6-9/h1-3,7,9,11,17-18H,4-6,8H2. The van der Waals surface area contributed by atoms with Gasteiger partial charge in [0.15, 0.2) is 0 Å². The van der Waals surface area contributed by atoms with Gasteiger partial charge in [0.05, 0.1) is 16.6 Å². The molecule has 0 heterocycles. The molecule has 0 aliphatic heterocycles. The summed E-state index contributed by atoms with van der Waals surface area (Å²) in [5.74, 6) is 0.0144. The van der Waals surface area contributed by atoms with Crippen molar-refractivity contribution in [3.8, 4) is 0 Å². The molecule has 0 radical (unpaired) electrons. The summed E-state index contributed by atoms with van der Waals surface area (Å²) in [6, 6.07) is 3.63. The Labute approximate surface area is 121 Å². The number of aliphatic hydroxyl groups excluding tert-OH is 1. The molecule has 0 spiro atoms. The van der Waals surface area contributed by atoms with Gasteiger partial charge in [-0.2, -0.15) is 13.2 Å². The van der Waals surface area contributed by atoms with E-state index in [1.807, 2.05) is 0 Å². The Morgan fingerprint density at radius 2 is 2.00 bits per heavy atom. The Kier molecular flexibility index (Phi) is 4.60. The van der Waals surface area contributed by atoms with E-state index >= 15 is 0 Å². The third-order valence-corrected chi connectivity index (χ3v) is 4.97. The summed E-state index contributed by atoms with van der Waals surface area (Å²) in [6.45, 7) is 0.121. The number of hydrogen-bond donors (Lipinski definition) is 2. The van der Waals surface area contributed by atoms with Crippen molar-refractivity contribution in [1.29, 1.82) is 0 Å². The summed E-state index contributed by atoms with van der Waals surface area (Å²) in [5.41, 5.74) is -0.998. The van der Waals surface area contributed by atoms with Crippen LogP contribution in [0, 0.1) is 5.92 Å². The smallest absolute Gasteiger partial charge is 0.393 e. The monoisotopic (exact) mass is 323 g/mol. The third-order valence-electron chi connectivity index (χ3n) is 3.55. The van der Waals surface area contributed by atoms with Crippen molar-refractivity contribution in [2.24, 2.45) is 5.92 Å². The summed E-state index contributed by atoms with van der Waals surface area (Å²) < 4.78 is 64.1. The highest BCUT2D eigenvalue weighted by molar-refractivity contribution is 7.89. The van der Waals surface area contributed by atoms with Crippen molar-refractivity contribution in [2.75, 3.05) is 6.54 Å². The predicted molar refractivity (Wildman–Crippen MR) is 70.0 cm³/mol. The lowest BCUT2D eigenvalue weighted by Gasteiger charge is -2.13. The predicted octanol–water partition coefficient (Wildman–Crippen LogP) is 2.14. The SMILES string of the molecule is O=S(=O)(NCC1CCC(O)C1)c1cccc(C(F)(F)F)c1. The summed E-state index contributed by atoms with van der Waals surface area (Å²) in [5, 5.41) is 9.37. The quantitative estimate of drug-likeness (QED) is 0.892. The van der Waals surface area contributed by atoms with Crippen LogP contribution in [0.4, 0.5) is 13.2 Å². The molecule has 1 saturated carbocycles. The van der Waals surface area contributed by atoms with Gasteiger partial charge in [0, 0.05) is 6.54 Å². The molecule has 1 aromatic rings. The first kappa shape index (κ1) is 16.3. The van der Waals surface area contributed by atoms with E-state index < -0.39 is 32.8 Å². The minimum absolute atomic E-state index is 0.0144. The fourth-order valence-electron chi connectivity index (χ4n) is 2.38. The maximum Gasteiger partial charge on any atom is 0.416 e. The van der Waals surface area contributed by atoms with E-state index in [0.29, 0.717) is 25.3 Å². The zero-order valence-corrected chi connectivity index (χ0v) is 11.9. The van der Waals surface area contributed by atoms with Crippen molar-refractivity contribution >= 4 is 10.0 Å². The minimum Gasteiger partial charge on any atom is -0.393 e. The van der Waals surface area contributed by atoms with Crippen LogP contribution in [0.25, 0.3) is 0 Å². The molecule has 2 atom stereocenters. The fourth-order valence-corrected chi connectivity index (χ4v) is 3.55. The fraction of sp³-hybridized carbons (Fsp3) is 0.538. The molecule has 1 aliphatic carbocycles. The lowest BCUT2D eigenvalue weighted by atomic mass is 10.1. The Bertz CT molecular complexity index is 601. The molecule has 1 aliphatic rings. The second kappa shape index (κ2) is 5.94. The number of sulfonamides is 1. The van der Waals surface area contributed by atoms with E-state index in [2.05, 4.69) is 4.72 Å². The number of rotatable bonds is 4. The molecule has 2 N–H and O–H groups in total. The molecular weight excluding hydrogens is 307 g/mol. The first-order valence-electron chi connectivity index (χ1n) is 6.53. The van der Waals surface area contributed by atoms with E-state index in [0.717, 1.165) is 18.2 Å². The Morgan fingerprint density at radius 3 is 2.57 bits per heavy atom. The van der Waals surface area contributed by atoms with Crippen molar-refractivity contribution in [3.63, 3.8) is 0 Å². The van der Waals surface area contributed by atoms with Gasteiger partial charge in [0.1, 0.15) is 0 Å². The second-order valence-electron chi connectivity index (χ2n) is 5.21. The van der Waals surface area contributed by atoms with E-state index in [4.69, 9.17) is 0 Å². The van der Waals surface area contributed by atoms with Crippen LogP contribution in [0.15, 0.2) is 29.2 Å². The molecular formula is C13H16F3NO3S. The molecule has 0 bridgehead atoms. The van der Waals surface area contributed by atoms with Crippen LogP contribution < -0.4 is 4.72 Å². The molecule has 1 aromatic carbocycles. The van der Waals surface area contributed by atoms with Gasteiger partial charge >= 0.3 is 6.18 Å². The van der Waals surface area contributed by atoms with E-state index in [1.165, 1.54) is 0 Å². The number of benzene rings is 1. The molecule has 2 rings (SSSR count). The number of nitrogens with one attached hydrogen (secondary N) is 1. The number of alkyl halides is 3. The zero-order chi connectivity index (χ0) is 15.7. The molecule has 1 fully saturated rings. The molecule has 0 saturated heterocycles. The third kappa shape index (κ3) is 4.18. The number of halogens is 3. The Morgan fingerprint density at radius 1 is 1.29 bits per heavy atom. The normalized spacial score (nSPS) is 23.4. The van der Waals surface area contributed by atoms with Crippen LogP contribution in [0.1, 0.15) is 24.8 Å². The maximum atomic E-state index is 12.6. The average Bonchev–Trinajstić information content (AvgIpc) is 2.82. The first-order chi connectivity index (χ1) is 9.68. The lowest BCUT2D eigenvalue weighted by molar-refractivity contribution is -0.137. The number of aliphatic hydroxyl groups is 1. The van der Waals surface area contributed by atoms with E-state index in [1.54, 1.807) is 0 Å². The van der Waals surface area contributed by atoms with Gasteiger partial charge in [0.25, 0.3) is 0 Å². The maximum absolute atomic E-state index is 12.6.